The lowest BCUT2D eigenvalue weighted by Gasteiger charge is -2.12. The molecule has 0 N–H and O–H groups in total. The fourth-order valence-electron chi connectivity index (χ4n) is 3.23. The standard InChI is InChI=1S/C25H20Br3N3O2/c1-15(2)24-30-23-10-7-18(26)11-21(23)25(32)31(24)29-13-16-3-8-20(9-4-16)33-14-17-5-6-19(27)12-22(17)28/h3-13,15H,14H2,1-2H3. The van der Waals surface area contributed by atoms with E-state index in [1.165, 1.54) is 4.68 Å². The van der Waals surface area contributed by atoms with Gasteiger partial charge in [0.2, 0.25) is 0 Å². The first kappa shape index (κ1) is 23.9. The Balaban J connectivity index is 1.56. The van der Waals surface area contributed by atoms with E-state index in [2.05, 4.69) is 57.9 Å². The van der Waals surface area contributed by atoms with Crippen LogP contribution in [0.2, 0.25) is 0 Å². The zero-order valence-corrected chi connectivity index (χ0v) is 22.7. The lowest BCUT2D eigenvalue weighted by atomic mass is 10.2. The molecule has 168 valence electrons. The van der Waals surface area contributed by atoms with Crippen molar-refractivity contribution in [2.75, 3.05) is 0 Å². The lowest BCUT2D eigenvalue weighted by molar-refractivity contribution is 0.305. The molecule has 0 atom stereocenters. The number of hydrogen-bond donors (Lipinski definition) is 0. The Morgan fingerprint density at radius 3 is 2.39 bits per heavy atom. The maximum absolute atomic E-state index is 13.1. The van der Waals surface area contributed by atoms with Crippen molar-refractivity contribution in [3.05, 3.63) is 101 Å². The minimum absolute atomic E-state index is 0.0385. The number of rotatable bonds is 6. The van der Waals surface area contributed by atoms with E-state index in [0.717, 1.165) is 30.3 Å². The molecule has 0 radical (unpaired) electrons. The second kappa shape index (κ2) is 10.3. The minimum Gasteiger partial charge on any atom is -0.489 e. The van der Waals surface area contributed by atoms with Crippen molar-refractivity contribution in [1.29, 1.82) is 0 Å². The summed E-state index contributed by atoms with van der Waals surface area (Å²) in [7, 11) is 0. The smallest absolute Gasteiger partial charge is 0.282 e. The maximum atomic E-state index is 13.1. The third-order valence-corrected chi connectivity index (χ3v) is 6.69. The molecule has 0 amide bonds. The molecule has 5 nitrogen and oxygen atoms in total. The van der Waals surface area contributed by atoms with Gasteiger partial charge < -0.3 is 4.74 Å². The highest BCUT2D eigenvalue weighted by molar-refractivity contribution is 9.11. The highest BCUT2D eigenvalue weighted by atomic mass is 79.9. The summed E-state index contributed by atoms with van der Waals surface area (Å²) in [6, 6.07) is 19.1. The van der Waals surface area contributed by atoms with Crippen LogP contribution in [0.1, 0.15) is 36.7 Å². The van der Waals surface area contributed by atoms with Gasteiger partial charge in [0, 0.05) is 24.9 Å². The molecule has 0 aliphatic rings. The molecule has 0 fully saturated rings. The van der Waals surface area contributed by atoms with E-state index in [1.54, 1.807) is 12.3 Å². The molecule has 1 aromatic heterocycles. The van der Waals surface area contributed by atoms with Gasteiger partial charge in [0.05, 0.1) is 17.1 Å². The third-order valence-electron chi connectivity index (χ3n) is 4.96. The summed E-state index contributed by atoms with van der Waals surface area (Å²) in [5.41, 5.74) is 2.38. The fourth-order valence-corrected chi connectivity index (χ4v) is 4.75. The maximum Gasteiger partial charge on any atom is 0.282 e. The Morgan fingerprint density at radius 2 is 1.70 bits per heavy atom. The number of aromatic nitrogens is 2. The molecule has 33 heavy (non-hydrogen) atoms. The summed E-state index contributed by atoms with van der Waals surface area (Å²) in [6.07, 6.45) is 1.66. The Labute approximate surface area is 216 Å². The Morgan fingerprint density at radius 1 is 1.00 bits per heavy atom. The Bertz CT molecular complexity index is 1400. The largest absolute Gasteiger partial charge is 0.489 e. The summed E-state index contributed by atoms with van der Waals surface area (Å²) < 4.78 is 10.1. The van der Waals surface area contributed by atoms with E-state index in [4.69, 9.17) is 4.74 Å². The number of halogens is 3. The molecule has 3 aromatic carbocycles. The van der Waals surface area contributed by atoms with Crippen LogP contribution in [0, 0.1) is 0 Å². The van der Waals surface area contributed by atoms with Crippen LogP contribution >= 0.6 is 47.8 Å². The van der Waals surface area contributed by atoms with Gasteiger partial charge in [-0.1, -0.05) is 67.7 Å². The molecule has 0 bridgehead atoms. The molecule has 0 saturated heterocycles. The van der Waals surface area contributed by atoms with E-state index in [-0.39, 0.29) is 11.5 Å². The van der Waals surface area contributed by atoms with Crippen LogP contribution in [0.15, 0.2) is 84.0 Å². The van der Waals surface area contributed by atoms with Gasteiger partial charge in [-0.3, -0.25) is 4.79 Å². The van der Waals surface area contributed by atoms with E-state index in [9.17, 15) is 4.79 Å². The van der Waals surface area contributed by atoms with E-state index < -0.39 is 0 Å². The molecule has 0 aliphatic heterocycles. The Hall–Kier alpha value is -2.29. The molecule has 4 aromatic rings. The molecule has 8 heteroatoms. The van der Waals surface area contributed by atoms with Crippen molar-refractivity contribution in [2.45, 2.75) is 26.4 Å². The highest BCUT2D eigenvalue weighted by Crippen LogP contribution is 2.24. The monoisotopic (exact) mass is 631 g/mol. The van der Waals surface area contributed by atoms with Crippen molar-refractivity contribution in [2.24, 2.45) is 5.10 Å². The average Bonchev–Trinajstić information content (AvgIpc) is 2.79. The van der Waals surface area contributed by atoms with Crippen LogP contribution in [0.4, 0.5) is 0 Å². The van der Waals surface area contributed by atoms with Crippen LogP contribution in [0.5, 0.6) is 5.75 Å². The van der Waals surface area contributed by atoms with Crippen LogP contribution in [0.25, 0.3) is 10.9 Å². The summed E-state index contributed by atoms with van der Waals surface area (Å²) >= 11 is 10.4. The van der Waals surface area contributed by atoms with Gasteiger partial charge in [0.1, 0.15) is 18.2 Å². The molecule has 1 heterocycles. The number of benzene rings is 3. The number of fused-ring (bicyclic) bond motifs is 1. The zero-order valence-electron chi connectivity index (χ0n) is 17.9. The van der Waals surface area contributed by atoms with Gasteiger partial charge >= 0.3 is 0 Å². The molecule has 0 spiro atoms. The van der Waals surface area contributed by atoms with Crippen LogP contribution in [0.3, 0.4) is 0 Å². The molecule has 4 rings (SSSR count). The molecule has 0 unspecified atom stereocenters. The van der Waals surface area contributed by atoms with Crippen molar-refractivity contribution in [3.63, 3.8) is 0 Å². The van der Waals surface area contributed by atoms with Crippen LogP contribution < -0.4 is 10.3 Å². The predicted octanol–water partition coefficient (Wildman–Crippen LogP) is 7.27. The number of nitrogens with zero attached hydrogens (tertiary/aromatic N) is 3. The minimum atomic E-state index is -0.193. The molecule has 0 saturated carbocycles. The van der Waals surface area contributed by atoms with Crippen molar-refractivity contribution < 1.29 is 4.74 Å². The van der Waals surface area contributed by atoms with Crippen LogP contribution in [-0.4, -0.2) is 15.9 Å². The first-order chi connectivity index (χ1) is 15.8. The van der Waals surface area contributed by atoms with Gasteiger partial charge in [0.15, 0.2) is 0 Å². The van der Waals surface area contributed by atoms with Gasteiger partial charge in [-0.05, 0) is 60.2 Å². The first-order valence-corrected chi connectivity index (χ1v) is 12.6. The van der Waals surface area contributed by atoms with Crippen molar-refractivity contribution in [3.8, 4) is 5.75 Å². The first-order valence-electron chi connectivity index (χ1n) is 10.2. The quantitative estimate of drug-likeness (QED) is 0.210. The van der Waals surface area contributed by atoms with Gasteiger partial charge in [-0.25, -0.2) is 4.98 Å². The lowest BCUT2D eigenvalue weighted by Crippen LogP contribution is -2.23. The average molecular weight is 634 g/mol. The van der Waals surface area contributed by atoms with E-state index >= 15 is 0 Å². The second-order valence-electron chi connectivity index (χ2n) is 7.74. The van der Waals surface area contributed by atoms with Gasteiger partial charge in [0.25, 0.3) is 5.56 Å². The van der Waals surface area contributed by atoms with E-state index in [1.807, 2.05) is 68.4 Å². The van der Waals surface area contributed by atoms with Gasteiger partial charge in [-0.15, -0.1) is 0 Å². The normalized spacial score (nSPS) is 11.6. The summed E-state index contributed by atoms with van der Waals surface area (Å²) in [5, 5.41) is 4.99. The number of ether oxygens (including phenoxy) is 1. The zero-order chi connectivity index (χ0) is 23.5. The third kappa shape index (κ3) is 5.62. The summed E-state index contributed by atoms with van der Waals surface area (Å²) in [6.45, 7) is 4.44. The predicted molar refractivity (Wildman–Crippen MR) is 143 cm³/mol. The highest BCUT2D eigenvalue weighted by Gasteiger charge is 2.13. The molecular weight excluding hydrogens is 614 g/mol. The SMILES string of the molecule is CC(C)c1nc2ccc(Br)cc2c(=O)n1N=Cc1ccc(OCc2ccc(Br)cc2Br)cc1. The molecular formula is C25H20Br3N3O2. The Kier molecular flexibility index (Phi) is 7.46. The van der Waals surface area contributed by atoms with E-state index in [0.29, 0.717) is 23.3 Å². The van der Waals surface area contributed by atoms with Crippen molar-refractivity contribution >= 4 is 64.9 Å². The topological polar surface area (TPSA) is 56.5 Å². The summed E-state index contributed by atoms with van der Waals surface area (Å²) in [5.74, 6) is 1.40. The van der Waals surface area contributed by atoms with Crippen molar-refractivity contribution in [1.82, 2.24) is 9.66 Å². The van der Waals surface area contributed by atoms with Crippen LogP contribution in [-0.2, 0) is 6.61 Å². The summed E-state index contributed by atoms with van der Waals surface area (Å²) in [4.78, 5) is 17.8. The molecule has 0 aliphatic carbocycles. The van der Waals surface area contributed by atoms with Gasteiger partial charge in [-0.2, -0.15) is 9.78 Å². The fraction of sp³-hybridized carbons (Fsp3) is 0.160. The second-order valence-corrected chi connectivity index (χ2v) is 10.4. The number of hydrogen-bond acceptors (Lipinski definition) is 4.